The molecule has 1 aromatic heterocycles. The molecule has 0 saturated heterocycles. The highest BCUT2D eigenvalue weighted by Gasteiger charge is 2.46. The van der Waals surface area contributed by atoms with E-state index < -0.39 is 53.2 Å². The molecule has 0 saturated carbocycles. The second-order valence-electron chi connectivity index (χ2n) is 11.1. The predicted octanol–water partition coefficient (Wildman–Crippen LogP) is 5.06. The fourth-order valence-electron chi connectivity index (χ4n) is 5.68. The maximum absolute atomic E-state index is 14.3. The predicted molar refractivity (Wildman–Crippen MR) is 170 cm³/mol. The van der Waals surface area contributed by atoms with Gasteiger partial charge in [-0.1, -0.05) is 36.4 Å². The van der Waals surface area contributed by atoms with Crippen molar-refractivity contribution in [3.8, 4) is 5.69 Å². The van der Waals surface area contributed by atoms with Crippen LogP contribution in [-0.2, 0) is 31.8 Å². The Balaban J connectivity index is 1.67. The van der Waals surface area contributed by atoms with Gasteiger partial charge in [0.25, 0.3) is 11.8 Å². The number of rotatable bonds is 9. The molecule has 14 heteroatoms. The number of carbonyl (C=O) groups is 4. The molecule has 3 amide bonds. The number of likely N-dealkylation sites (N-methyl/N-ethyl adjacent to an activating group) is 1. The molecular weight excluding hydrogens is 646 g/mol. The first-order valence-electron chi connectivity index (χ1n) is 15.1. The molecular formula is C35H31F4N5O5. The van der Waals surface area contributed by atoms with Gasteiger partial charge in [0.2, 0.25) is 5.91 Å². The molecule has 4 aromatic rings. The van der Waals surface area contributed by atoms with Crippen LogP contribution in [0, 0.1) is 5.82 Å². The SMILES string of the molecule is CCN1C(=O)[C@H](NC(=O)c2cccc(C(F)(F)F)c2)[C@H](c2ccc(F)cc2)c2c(CNC(=O)/C=C(\C)C(=O)OC)nn(-c3ccccc3)c21. The number of ether oxygens (including phenoxy) is 1. The Morgan fingerprint density at radius 3 is 2.33 bits per heavy atom. The molecule has 254 valence electrons. The van der Waals surface area contributed by atoms with E-state index in [1.807, 2.05) is 0 Å². The van der Waals surface area contributed by atoms with Crippen molar-refractivity contribution in [1.82, 2.24) is 20.4 Å². The maximum Gasteiger partial charge on any atom is 0.416 e. The van der Waals surface area contributed by atoms with Crippen LogP contribution in [0.3, 0.4) is 0 Å². The number of esters is 1. The van der Waals surface area contributed by atoms with Crippen molar-refractivity contribution in [2.24, 2.45) is 0 Å². The van der Waals surface area contributed by atoms with Crippen LogP contribution in [0.2, 0.25) is 0 Å². The standard InChI is InChI=1S/C35H31F4N5O5/c1-4-43-32-29(26(42-44(32)25-11-6-5-7-12-25)19-40-27(45)17-20(2)34(48)49-3)28(21-13-15-24(36)16-14-21)30(33(43)47)41-31(46)22-9-8-10-23(18-22)35(37,38)39/h5-18,28,30H,4,19H2,1-3H3,(H,40,45)(H,41,46)/b20-17+/t28-,30-/m1/s1. The molecule has 0 radical (unpaired) electrons. The number of amides is 3. The Labute approximate surface area is 278 Å². The molecule has 0 unspecified atom stereocenters. The summed E-state index contributed by atoms with van der Waals surface area (Å²) in [6.07, 6.45) is -3.65. The zero-order valence-electron chi connectivity index (χ0n) is 26.5. The van der Waals surface area contributed by atoms with Gasteiger partial charge in [-0.15, -0.1) is 0 Å². The quantitative estimate of drug-likeness (QED) is 0.145. The summed E-state index contributed by atoms with van der Waals surface area (Å²) in [5.74, 6) is -4.14. The Hall–Kier alpha value is -5.79. The van der Waals surface area contributed by atoms with E-state index in [1.54, 1.807) is 37.3 Å². The highest BCUT2D eigenvalue weighted by Crippen LogP contribution is 2.44. The summed E-state index contributed by atoms with van der Waals surface area (Å²) in [5, 5.41) is 10.1. The van der Waals surface area contributed by atoms with E-state index >= 15 is 0 Å². The number of hydrogen-bond donors (Lipinski definition) is 2. The number of fused-ring (bicyclic) bond motifs is 1. The minimum absolute atomic E-state index is 0.0427. The average Bonchev–Trinajstić information content (AvgIpc) is 3.46. The van der Waals surface area contributed by atoms with Crippen LogP contribution in [0.5, 0.6) is 0 Å². The number of hydrogen-bond acceptors (Lipinski definition) is 6. The molecule has 3 aromatic carbocycles. The maximum atomic E-state index is 14.3. The summed E-state index contributed by atoms with van der Waals surface area (Å²) in [6.45, 7) is 3.01. The smallest absolute Gasteiger partial charge is 0.416 e. The number of methoxy groups -OCH3 is 1. The summed E-state index contributed by atoms with van der Waals surface area (Å²) >= 11 is 0. The lowest BCUT2D eigenvalue weighted by Crippen LogP contribution is -2.55. The van der Waals surface area contributed by atoms with Crippen LogP contribution in [0.4, 0.5) is 23.4 Å². The van der Waals surface area contributed by atoms with Crippen molar-refractivity contribution < 1.29 is 41.5 Å². The van der Waals surface area contributed by atoms with E-state index in [1.165, 1.54) is 53.9 Å². The Morgan fingerprint density at radius 2 is 1.69 bits per heavy atom. The van der Waals surface area contributed by atoms with Crippen molar-refractivity contribution in [1.29, 1.82) is 0 Å². The number of anilines is 1. The van der Waals surface area contributed by atoms with E-state index in [4.69, 9.17) is 5.10 Å². The van der Waals surface area contributed by atoms with Gasteiger partial charge in [-0.2, -0.15) is 18.3 Å². The van der Waals surface area contributed by atoms with Crippen molar-refractivity contribution in [2.75, 3.05) is 18.6 Å². The first kappa shape index (κ1) is 34.5. The zero-order chi connectivity index (χ0) is 35.5. The molecule has 2 heterocycles. The summed E-state index contributed by atoms with van der Waals surface area (Å²) in [7, 11) is 1.18. The summed E-state index contributed by atoms with van der Waals surface area (Å²) in [4.78, 5) is 54.0. The lowest BCUT2D eigenvalue weighted by Gasteiger charge is -2.38. The number of benzene rings is 3. The van der Waals surface area contributed by atoms with E-state index in [9.17, 15) is 36.7 Å². The van der Waals surface area contributed by atoms with Gasteiger partial charge in [0.1, 0.15) is 17.7 Å². The van der Waals surface area contributed by atoms with Crippen LogP contribution < -0.4 is 15.5 Å². The first-order chi connectivity index (χ1) is 23.3. The largest absolute Gasteiger partial charge is 0.466 e. The number of carbonyl (C=O) groups excluding carboxylic acids is 4. The third-order valence-corrected chi connectivity index (χ3v) is 7.98. The minimum atomic E-state index is -4.71. The highest BCUT2D eigenvalue weighted by atomic mass is 19.4. The molecule has 0 bridgehead atoms. The molecule has 49 heavy (non-hydrogen) atoms. The fourth-order valence-corrected chi connectivity index (χ4v) is 5.68. The molecule has 0 fully saturated rings. The molecule has 2 atom stereocenters. The summed E-state index contributed by atoms with van der Waals surface area (Å²) < 4.78 is 60.8. The number of nitrogens with zero attached hydrogens (tertiary/aromatic N) is 3. The lowest BCUT2D eigenvalue weighted by molar-refractivity contribution is -0.138. The van der Waals surface area contributed by atoms with Crippen molar-refractivity contribution >= 4 is 29.5 Å². The number of halogens is 4. The minimum Gasteiger partial charge on any atom is -0.466 e. The first-order valence-corrected chi connectivity index (χ1v) is 15.1. The van der Waals surface area contributed by atoms with Gasteiger partial charge in [0.05, 0.1) is 30.6 Å². The van der Waals surface area contributed by atoms with Gasteiger partial charge in [-0.3, -0.25) is 19.3 Å². The zero-order valence-corrected chi connectivity index (χ0v) is 26.5. The third kappa shape index (κ3) is 7.22. The van der Waals surface area contributed by atoms with Crippen molar-refractivity contribution in [2.45, 2.75) is 38.5 Å². The van der Waals surface area contributed by atoms with Crippen LogP contribution in [0.15, 0.2) is 90.5 Å². The Bertz CT molecular complexity index is 1920. The topological polar surface area (TPSA) is 123 Å². The number of nitrogens with one attached hydrogen (secondary N) is 2. The van der Waals surface area contributed by atoms with Gasteiger partial charge in [-0.05, 0) is 61.9 Å². The van der Waals surface area contributed by atoms with E-state index in [-0.39, 0.29) is 29.9 Å². The van der Waals surface area contributed by atoms with Gasteiger partial charge < -0.3 is 15.4 Å². The van der Waals surface area contributed by atoms with Crippen LogP contribution >= 0.6 is 0 Å². The fraction of sp³-hybridized carbons (Fsp3) is 0.229. The molecule has 0 spiro atoms. The highest BCUT2D eigenvalue weighted by molar-refractivity contribution is 6.05. The Kier molecular flexibility index (Phi) is 9.97. The second kappa shape index (κ2) is 14.1. The summed E-state index contributed by atoms with van der Waals surface area (Å²) in [6, 6.07) is 16.5. The van der Waals surface area contributed by atoms with Gasteiger partial charge in [0.15, 0.2) is 0 Å². The Morgan fingerprint density at radius 1 is 1.00 bits per heavy atom. The lowest BCUT2D eigenvalue weighted by atomic mass is 9.80. The van der Waals surface area contributed by atoms with Gasteiger partial charge in [0, 0.05) is 35.2 Å². The van der Waals surface area contributed by atoms with E-state index in [0.29, 0.717) is 28.7 Å². The molecule has 1 aliphatic rings. The molecule has 2 N–H and O–H groups in total. The van der Waals surface area contributed by atoms with Crippen LogP contribution in [0.1, 0.15) is 52.5 Å². The van der Waals surface area contributed by atoms with E-state index in [0.717, 1.165) is 18.2 Å². The molecule has 0 aliphatic carbocycles. The van der Waals surface area contributed by atoms with Gasteiger partial charge in [-0.25, -0.2) is 13.9 Å². The molecule has 10 nitrogen and oxygen atoms in total. The van der Waals surface area contributed by atoms with Crippen LogP contribution in [0.25, 0.3) is 5.69 Å². The number of para-hydroxylation sites is 1. The molecule has 1 aliphatic heterocycles. The van der Waals surface area contributed by atoms with E-state index in [2.05, 4.69) is 15.4 Å². The van der Waals surface area contributed by atoms with Crippen molar-refractivity contribution in [3.05, 3.63) is 124 Å². The molecule has 5 rings (SSSR count). The monoisotopic (exact) mass is 677 g/mol. The number of alkyl halides is 3. The second-order valence-corrected chi connectivity index (χ2v) is 11.1. The normalized spacial score (nSPS) is 16.2. The summed E-state index contributed by atoms with van der Waals surface area (Å²) in [5.41, 5.74) is 0.309. The van der Waals surface area contributed by atoms with Gasteiger partial charge >= 0.3 is 12.1 Å². The average molecular weight is 678 g/mol. The third-order valence-electron chi connectivity index (χ3n) is 7.98. The van der Waals surface area contributed by atoms with Crippen molar-refractivity contribution in [3.63, 3.8) is 0 Å². The van der Waals surface area contributed by atoms with Crippen LogP contribution in [-0.4, -0.2) is 53.2 Å². The number of aromatic nitrogens is 2.